The van der Waals surface area contributed by atoms with Crippen LogP contribution in [0.5, 0.6) is 0 Å². The number of Topliss-reactive ketones (excluding diaryl/α,β-unsaturated/α-hetero) is 2. The molecule has 234 valence electrons. The van der Waals surface area contributed by atoms with Gasteiger partial charge in [-0.05, 0) is 122 Å². The predicted octanol–water partition coefficient (Wildman–Crippen LogP) is 9.74. The molecule has 0 atom stereocenters. The normalized spacial score (nSPS) is 25.2. The number of carbonyl (C=O) groups is 2. The van der Waals surface area contributed by atoms with E-state index in [-0.39, 0.29) is 23.4 Å². The third-order valence-electron chi connectivity index (χ3n) is 13.2. The number of aromatic nitrogens is 1. The van der Waals surface area contributed by atoms with Gasteiger partial charge in [-0.25, -0.2) is 8.42 Å². The summed E-state index contributed by atoms with van der Waals surface area (Å²) in [6.45, 7) is 0. The van der Waals surface area contributed by atoms with Crippen molar-refractivity contribution < 1.29 is 18.0 Å². The average Bonchev–Trinajstić information content (AvgIpc) is 3.43. The van der Waals surface area contributed by atoms with E-state index in [0.717, 1.165) is 134 Å². The molecule has 0 N–H and O–H groups in total. The molecule has 0 radical (unpaired) electrons. The zero-order chi connectivity index (χ0) is 31.8. The Hall–Kier alpha value is -4.55. The minimum absolute atomic E-state index is 0.0553. The summed E-state index contributed by atoms with van der Waals surface area (Å²) in [5.74, 6) is 1.27. The molecule has 0 amide bonds. The van der Waals surface area contributed by atoms with Crippen molar-refractivity contribution in [3.8, 4) is 11.1 Å². The third kappa shape index (κ3) is 2.96. The molecule has 5 aromatic carbocycles. The van der Waals surface area contributed by atoms with Gasteiger partial charge in [0, 0.05) is 55.5 Å². The van der Waals surface area contributed by atoms with Crippen molar-refractivity contribution in [1.82, 2.24) is 4.40 Å². The molecule has 7 aliphatic rings. The van der Waals surface area contributed by atoms with Crippen molar-refractivity contribution in [3.05, 3.63) is 89.0 Å². The highest BCUT2D eigenvalue weighted by atomic mass is 32.2. The zero-order valence-electron chi connectivity index (χ0n) is 26.3. The summed E-state index contributed by atoms with van der Waals surface area (Å²) in [6, 6.07) is 22.4. The fourth-order valence-electron chi connectivity index (χ4n) is 10.9. The molecule has 0 spiro atoms. The fourth-order valence-corrected chi connectivity index (χ4v) is 12.8. The van der Waals surface area contributed by atoms with Crippen LogP contribution in [0.4, 0.5) is 0 Å². The highest BCUT2D eigenvalue weighted by molar-refractivity contribution is 7.92. The Morgan fingerprint density at radius 1 is 0.542 bits per heavy atom. The van der Waals surface area contributed by atoms with Gasteiger partial charge in [0.25, 0.3) is 0 Å². The van der Waals surface area contributed by atoms with Crippen LogP contribution in [-0.2, 0) is 9.84 Å². The van der Waals surface area contributed by atoms with Crippen molar-refractivity contribution in [1.29, 1.82) is 0 Å². The van der Waals surface area contributed by atoms with Crippen molar-refractivity contribution in [2.75, 3.05) is 0 Å². The number of carbonyl (C=O) groups excluding carboxylic acids is 2. The van der Waals surface area contributed by atoms with Gasteiger partial charge in [-0.2, -0.15) is 0 Å². The largest absolute Gasteiger partial charge is 0.308 e. The Bertz CT molecular complexity index is 2800. The molecule has 4 bridgehead atoms. The number of nitrogens with zero attached hydrogens (tertiary/aromatic N) is 1. The Morgan fingerprint density at radius 3 is 1.75 bits per heavy atom. The summed E-state index contributed by atoms with van der Waals surface area (Å²) in [5, 5.41) is 5.40. The molecule has 6 aliphatic carbocycles. The van der Waals surface area contributed by atoms with Gasteiger partial charge in [-0.15, -0.1) is 0 Å². The van der Waals surface area contributed by atoms with Gasteiger partial charge >= 0.3 is 0 Å². The molecule has 3 heterocycles. The van der Waals surface area contributed by atoms with E-state index in [1.807, 2.05) is 24.3 Å². The maximum Gasteiger partial charge on any atom is 0.208 e. The fraction of sp³-hybridized carbons (Fsp3) is 0.286. The van der Waals surface area contributed by atoms with Crippen molar-refractivity contribution in [2.24, 2.45) is 11.8 Å². The van der Waals surface area contributed by atoms with Crippen LogP contribution in [0.2, 0.25) is 0 Å². The number of ketones is 2. The van der Waals surface area contributed by atoms with Gasteiger partial charge < -0.3 is 4.40 Å². The minimum atomic E-state index is -3.91. The summed E-state index contributed by atoms with van der Waals surface area (Å²) in [6.07, 6.45) is 7.76. The lowest BCUT2D eigenvalue weighted by Gasteiger charge is -2.23. The molecule has 48 heavy (non-hydrogen) atoms. The lowest BCUT2D eigenvalue weighted by molar-refractivity contribution is 0.0891. The quantitative estimate of drug-likeness (QED) is 0.165. The van der Waals surface area contributed by atoms with E-state index >= 15 is 0 Å². The highest BCUT2D eigenvalue weighted by Gasteiger charge is 2.40. The van der Waals surface area contributed by atoms with Gasteiger partial charge in [0.2, 0.25) is 9.84 Å². The van der Waals surface area contributed by atoms with Gasteiger partial charge in [0.05, 0.1) is 26.3 Å². The van der Waals surface area contributed by atoms with Crippen LogP contribution in [-0.4, -0.2) is 24.4 Å². The van der Waals surface area contributed by atoms with E-state index in [0.29, 0.717) is 21.6 Å². The molecule has 0 saturated heterocycles. The number of rotatable bonds is 0. The first-order chi connectivity index (χ1) is 23.4. The Kier molecular flexibility index (Phi) is 4.69. The van der Waals surface area contributed by atoms with Crippen LogP contribution in [0.25, 0.3) is 60.0 Å². The zero-order valence-corrected chi connectivity index (χ0v) is 27.1. The van der Waals surface area contributed by atoms with Gasteiger partial charge in [-0.3, -0.25) is 9.59 Å². The number of benzene rings is 5. The molecule has 5 nitrogen and oxygen atoms in total. The number of sulfone groups is 1. The Morgan fingerprint density at radius 2 is 1.10 bits per heavy atom. The average molecular weight is 646 g/mol. The molecule has 14 rings (SSSR count). The second-order valence-electron chi connectivity index (χ2n) is 15.3. The predicted molar refractivity (Wildman–Crippen MR) is 188 cm³/mol. The molecule has 6 heteroatoms. The lowest BCUT2D eigenvalue weighted by Crippen LogP contribution is -2.15. The first-order valence-electron chi connectivity index (χ1n) is 17.6. The maximum absolute atomic E-state index is 14.9. The standard InChI is InChI=1S/C42H31NO4S/c44-40-23-11-7-20(8-12-23)26-15-28-29-17-32-25-5-1-3-22-4-2-6-36(37(22)25)48(46,47)42(32)38-33-16-27-21-9-13-24(14-10-21)41(45)31(27)19-35(33)43(39(29)38)34(28)18-30(26)40/h1-6,15-21,23-24H,7-14H2. The topological polar surface area (TPSA) is 72.7 Å². The van der Waals surface area contributed by atoms with Gasteiger partial charge in [-0.1, -0.05) is 30.3 Å². The van der Waals surface area contributed by atoms with Gasteiger partial charge in [0.15, 0.2) is 11.6 Å². The van der Waals surface area contributed by atoms with Crippen LogP contribution in [0.3, 0.4) is 0 Å². The van der Waals surface area contributed by atoms with E-state index < -0.39 is 9.84 Å². The number of hydrogen-bond acceptors (Lipinski definition) is 4. The summed E-state index contributed by atoms with van der Waals surface area (Å²) in [5.41, 5.74) is 8.22. The van der Waals surface area contributed by atoms with Crippen LogP contribution >= 0.6 is 0 Å². The van der Waals surface area contributed by atoms with E-state index in [2.05, 4.69) is 40.8 Å². The van der Waals surface area contributed by atoms with Crippen LogP contribution in [0, 0.1) is 11.8 Å². The molecule has 2 fully saturated rings. The molecule has 2 aromatic heterocycles. The number of fused-ring (bicyclic) bond motifs is 13. The smallest absolute Gasteiger partial charge is 0.208 e. The van der Waals surface area contributed by atoms with E-state index in [1.54, 1.807) is 6.07 Å². The van der Waals surface area contributed by atoms with E-state index in [9.17, 15) is 18.0 Å². The summed E-state index contributed by atoms with van der Waals surface area (Å²) < 4.78 is 32.1. The minimum Gasteiger partial charge on any atom is -0.308 e. The second-order valence-corrected chi connectivity index (χ2v) is 17.1. The summed E-state index contributed by atoms with van der Waals surface area (Å²) >= 11 is 0. The number of hydrogen-bond donors (Lipinski definition) is 0. The molecule has 7 aromatic rings. The Balaban J connectivity index is 1.32. The van der Waals surface area contributed by atoms with Crippen molar-refractivity contribution in [3.63, 3.8) is 0 Å². The highest BCUT2D eigenvalue weighted by Crippen LogP contribution is 2.54. The maximum atomic E-state index is 14.9. The molecule has 0 unspecified atom stereocenters. The first kappa shape index (κ1) is 26.4. The van der Waals surface area contributed by atoms with Crippen LogP contribution in [0.1, 0.15) is 95.0 Å². The van der Waals surface area contributed by atoms with Crippen molar-refractivity contribution >= 4 is 70.3 Å². The van der Waals surface area contributed by atoms with Gasteiger partial charge in [0.1, 0.15) is 0 Å². The monoisotopic (exact) mass is 645 g/mol. The van der Waals surface area contributed by atoms with E-state index in [1.165, 1.54) is 0 Å². The summed E-state index contributed by atoms with van der Waals surface area (Å²) in [7, 11) is -3.91. The van der Waals surface area contributed by atoms with E-state index in [4.69, 9.17) is 0 Å². The van der Waals surface area contributed by atoms with Crippen molar-refractivity contribution in [2.45, 2.75) is 73.0 Å². The molecule has 2 saturated carbocycles. The van der Waals surface area contributed by atoms with Crippen LogP contribution in [0.15, 0.2) is 76.5 Å². The molecular weight excluding hydrogens is 615 g/mol. The molecular formula is C42H31NO4S. The second kappa shape index (κ2) is 8.53. The first-order valence-corrected chi connectivity index (χ1v) is 19.1. The summed E-state index contributed by atoms with van der Waals surface area (Å²) in [4.78, 5) is 28.7. The molecule has 1 aliphatic heterocycles. The third-order valence-corrected chi connectivity index (χ3v) is 15.1. The lowest BCUT2D eigenvalue weighted by atomic mass is 9.82. The Labute approximate surface area is 276 Å². The SMILES string of the molecule is O=C1c2cc3c(cc2C2CCC1CC2)c1cc2c(c4c5cc6c(cc5n3c14)C(=O)C1CCC6CC1)S(=O)(=O)c1cccc3cccc-2c13. The van der Waals surface area contributed by atoms with Crippen LogP contribution < -0.4 is 0 Å².